The number of carbonyl (C=O) groups is 1. The number of aromatic hydroxyl groups is 1. The van der Waals surface area contributed by atoms with Gasteiger partial charge in [0, 0.05) is 46.5 Å². The number of phenols is 1. The summed E-state index contributed by atoms with van der Waals surface area (Å²) in [5.74, 6) is -0.810. The molecule has 5 N–H and O–H groups in total. The summed E-state index contributed by atoms with van der Waals surface area (Å²) in [5, 5.41) is 43.7. The van der Waals surface area contributed by atoms with Gasteiger partial charge in [-0.2, -0.15) is 8.61 Å². The fourth-order valence-corrected chi connectivity index (χ4v) is 9.16. The minimum Gasteiger partial charge on any atom is -0.504 e. The smallest absolute Gasteiger partial charge is 0.323 e. The molecule has 3 rings (SSSR count). The van der Waals surface area contributed by atoms with Gasteiger partial charge < -0.3 is 35.4 Å². The summed E-state index contributed by atoms with van der Waals surface area (Å²) in [6.45, 7) is -1.37. The zero-order valence-electron chi connectivity index (χ0n) is 27.8. The number of hydrogen-bond acceptors (Lipinski definition) is 12. The number of sulfonamides is 2. The Bertz CT molecular complexity index is 1960. The van der Waals surface area contributed by atoms with Crippen molar-refractivity contribution in [2.45, 2.75) is 9.79 Å². The van der Waals surface area contributed by atoms with E-state index in [-0.39, 0.29) is 70.9 Å². The van der Waals surface area contributed by atoms with Crippen molar-refractivity contribution in [2.75, 3.05) is 77.5 Å². The van der Waals surface area contributed by atoms with E-state index in [1.54, 1.807) is 6.07 Å². The van der Waals surface area contributed by atoms with Gasteiger partial charge in [0.2, 0.25) is 20.0 Å². The van der Waals surface area contributed by atoms with Gasteiger partial charge in [-0.3, -0.25) is 10.1 Å². The lowest BCUT2D eigenvalue weighted by atomic mass is 10.3. The summed E-state index contributed by atoms with van der Waals surface area (Å²) in [5.41, 5.74) is -0.588. The third-order valence-electron chi connectivity index (χ3n) is 6.74. The molecule has 2 amide bonds. The van der Waals surface area contributed by atoms with E-state index in [9.17, 15) is 36.9 Å². The average molecular weight is 886 g/mol. The van der Waals surface area contributed by atoms with Crippen molar-refractivity contribution >= 4 is 101 Å². The summed E-state index contributed by atoms with van der Waals surface area (Å²) in [7, 11) is -5.70. The highest BCUT2D eigenvalue weighted by atomic mass is 35.5. The number of halogens is 5. The largest absolute Gasteiger partial charge is 0.504 e. The number of nitrogens with zero attached hydrogens (tertiary/aromatic N) is 3. The molecule has 0 radical (unpaired) electrons. The summed E-state index contributed by atoms with van der Waals surface area (Å²) >= 11 is 29.7. The first-order chi connectivity index (χ1) is 24.9. The van der Waals surface area contributed by atoms with Crippen molar-refractivity contribution in [1.29, 1.82) is 0 Å². The van der Waals surface area contributed by atoms with Crippen molar-refractivity contribution in [3.63, 3.8) is 0 Å². The first-order valence-electron chi connectivity index (χ1n) is 14.8. The van der Waals surface area contributed by atoms with Crippen molar-refractivity contribution in [1.82, 2.24) is 8.61 Å². The number of ether oxygens (including phenoxy) is 2. The Balaban J connectivity index is 0.000000381. The molecule has 0 bridgehead atoms. The number of nitro benzene ring substituents is 1. The standard InChI is InChI=1S/C17H18Cl3N3O6S.C12H16Cl2N2O6S/c18-10-2-1-3-12(14(10)20)21-17(27)22-13-5-4-11(19)16(15(13)26)30(28,29)23(6-8-24)7-9-25;1-21-7-5-15(6-8-22-2)23(19,20)12-9(13)3-4-10(11(12)14)16(17)18/h1-5,24-26H,6-9H2,(H2,21,22,27);3-4H,5-8H2,1-2H3. The second-order valence-corrected chi connectivity index (χ2v) is 15.9. The van der Waals surface area contributed by atoms with Crippen LogP contribution in [0.3, 0.4) is 0 Å². The monoisotopic (exact) mass is 883 g/mol. The molecule has 17 nitrogen and oxygen atoms in total. The Labute approximate surface area is 330 Å². The van der Waals surface area contributed by atoms with Gasteiger partial charge in [-0.15, -0.1) is 0 Å². The number of anilines is 2. The lowest BCUT2D eigenvalue weighted by molar-refractivity contribution is -0.384. The van der Waals surface area contributed by atoms with E-state index >= 15 is 0 Å². The summed E-state index contributed by atoms with van der Waals surface area (Å²) in [6.07, 6.45) is 0. The number of hydrogen-bond donors (Lipinski definition) is 5. The molecule has 0 atom stereocenters. The van der Waals surface area contributed by atoms with Crippen LogP contribution in [0.15, 0.2) is 52.3 Å². The van der Waals surface area contributed by atoms with Gasteiger partial charge in [-0.1, -0.05) is 64.1 Å². The second kappa shape index (κ2) is 21.4. The fraction of sp³-hybridized carbons (Fsp3) is 0.345. The number of aliphatic hydroxyl groups is 2. The van der Waals surface area contributed by atoms with E-state index in [0.717, 1.165) is 20.7 Å². The molecule has 0 spiro atoms. The summed E-state index contributed by atoms with van der Waals surface area (Å²) in [4.78, 5) is 21.3. The zero-order chi connectivity index (χ0) is 40.1. The minimum atomic E-state index is -4.40. The van der Waals surface area contributed by atoms with Gasteiger partial charge in [0.15, 0.2) is 5.75 Å². The molecule has 3 aromatic rings. The van der Waals surface area contributed by atoms with Gasteiger partial charge in [0.05, 0.1) is 62.8 Å². The predicted octanol–water partition coefficient (Wildman–Crippen LogP) is 5.16. The quantitative estimate of drug-likeness (QED) is 0.0672. The van der Waals surface area contributed by atoms with Crippen LogP contribution in [-0.4, -0.2) is 119 Å². The SMILES string of the molecule is COCCN(CCOC)S(=O)(=O)c1c(Cl)ccc([N+](=O)[O-])c1Cl.O=C(Nc1ccc(Cl)c(S(=O)(=O)N(CCO)CCO)c1O)Nc1cccc(Cl)c1Cl. The number of benzene rings is 3. The van der Waals surface area contributed by atoms with Crippen LogP contribution in [0.4, 0.5) is 21.9 Å². The summed E-state index contributed by atoms with van der Waals surface area (Å²) in [6, 6.07) is 8.31. The van der Waals surface area contributed by atoms with Crippen LogP contribution in [-0.2, 0) is 29.5 Å². The molecule has 3 aromatic carbocycles. The number of urea groups is 1. The molecule has 0 aliphatic carbocycles. The van der Waals surface area contributed by atoms with Crippen LogP contribution in [0.2, 0.25) is 25.1 Å². The van der Waals surface area contributed by atoms with Crippen LogP contribution < -0.4 is 10.6 Å². The minimum absolute atomic E-state index is 0.0253. The molecule has 0 aliphatic heterocycles. The van der Waals surface area contributed by atoms with Crippen molar-refractivity contribution < 1.29 is 51.3 Å². The maximum Gasteiger partial charge on any atom is 0.323 e. The highest BCUT2D eigenvalue weighted by Crippen LogP contribution is 2.40. The number of carbonyl (C=O) groups excluding carboxylic acids is 1. The van der Waals surface area contributed by atoms with Gasteiger partial charge in [-0.05, 0) is 30.3 Å². The van der Waals surface area contributed by atoms with E-state index in [0.29, 0.717) is 0 Å². The first kappa shape index (κ1) is 46.4. The fourth-order valence-electron chi connectivity index (χ4n) is 4.24. The van der Waals surface area contributed by atoms with E-state index in [4.69, 9.17) is 77.7 Å². The molecule has 24 heteroatoms. The van der Waals surface area contributed by atoms with Crippen LogP contribution in [0.5, 0.6) is 5.75 Å². The van der Waals surface area contributed by atoms with Crippen molar-refractivity contribution in [2.24, 2.45) is 0 Å². The van der Waals surface area contributed by atoms with E-state index in [1.807, 2.05) is 0 Å². The van der Waals surface area contributed by atoms with Gasteiger partial charge >= 0.3 is 6.03 Å². The number of methoxy groups -OCH3 is 2. The highest BCUT2D eigenvalue weighted by molar-refractivity contribution is 7.89. The molecule has 0 aromatic heterocycles. The lowest BCUT2D eigenvalue weighted by Gasteiger charge is -2.22. The van der Waals surface area contributed by atoms with Crippen LogP contribution in [0.25, 0.3) is 0 Å². The Morgan fingerprint density at radius 2 is 1.23 bits per heavy atom. The molecule has 0 heterocycles. The molecule has 0 saturated carbocycles. The van der Waals surface area contributed by atoms with Crippen molar-refractivity contribution in [3.8, 4) is 5.75 Å². The Morgan fingerprint density at radius 1 is 0.736 bits per heavy atom. The van der Waals surface area contributed by atoms with Crippen LogP contribution in [0.1, 0.15) is 0 Å². The van der Waals surface area contributed by atoms with Crippen molar-refractivity contribution in [3.05, 3.63) is 77.7 Å². The molecule has 294 valence electrons. The molecule has 0 saturated heterocycles. The number of nitro groups is 1. The normalized spacial score (nSPS) is 11.7. The number of rotatable bonds is 17. The van der Waals surface area contributed by atoms with Gasteiger partial charge in [-0.25, -0.2) is 21.6 Å². The number of phenolic OH excluding ortho intramolecular Hbond substituents is 1. The number of aliphatic hydroxyl groups excluding tert-OH is 2. The Kier molecular flexibility index (Phi) is 18.7. The Hall–Kier alpha value is -2.76. The maximum absolute atomic E-state index is 12.9. The highest BCUT2D eigenvalue weighted by Gasteiger charge is 2.33. The predicted molar refractivity (Wildman–Crippen MR) is 201 cm³/mol. The molecular formula is C29H34Cl5N5O12S2. The second-order valence-electron chi connectivity index (χ2n) is 10.2. The van der Waals surface area contributed by atoms with Gasteiger partial charge in [0.1, 0.15) is 14.8 Å². The molecular weight excluding hydrogens is 852 g/mol. The van der Waals surface area contributed by atoms with Crippen LogP contribution >= 0.6 is 58.0 Å². The molecule has 0 fully saturated rings. The third kappa shape index (κ3) is 12.1. The molecule has 0 unspecified atom stereocenters. The zero-order valence-corrected chi connectivity index (χ0v) is 33.2. The Morgan fingerprint density at radius 3 is 1.75 bits per heavy atom. The topological polar surface area (TPSA) is 238 Å². The maximum atomic E-state index is 12.9. The summed E-state index contributed by atoms with van der Waals surface area (Å²) < 4.78 is 62.9. The first-order valence-corrected chi connectivity index (χ1v) is 19.5. The molecule has 0 aliphatic rings. The van der Waals surface area contributed by atoms with E-state index < -0.39 is 70.5 Å². The number of nitrogens with one attached hydrogen (secondary N) is 2. The van der Waals surface area contributed by atoms with E-state index in [1.165, 1.54) is 38.5 Å². The number of amides is 2. The lowest BCUT2D eigenvalue weighted by Crippen LogP contribution is -2.36. The average Bonchev–Trinajstić information content (AvgIpc) is 3.08. The third-order valence-corrected chi connectivity index (χ3v) is 12.9. The van der Waals surface area contributed by atoms with E-state index in [2.05, 4.69) is 10.6 Å². The van der Waals surface area contributed by atoms with Crippen LogP contribution in [0, 0.1) is 10.1 Å². The van der Waals surface area contributed by atoms with Gasteiger partial charge in [0.25, 0.3) is 5.69 Å². The molecule has 53 heavy (non-hydrogen) atoms.